The maximum atomic E-state index is 9.95. The Balaban J connectivity index is 2.51. The van der Waals surface area contributed by atoms with Gasteiger partial charge in [-0.1, -0.05) is 31.2 Å². The summed E-state index contributed by atoms with van der Waals surface area (Å²) >= 11 is 0. The van der Waals surface area contributed by atoms with Gasteiger partial charge in [0.25, 0.3) is 0 Å². The van der Waals surface area contributed by atoms with Crippen LogP contribution in [0.3, 0.4) is 0 Å². The average molecular weight is 244 g/mol. The Bertz CT molecular complexity index is 531. The molecule has 0 aliphatic rings. The molecule has 0 unspecified atom stereocenters. The van der Waals surface area contributed by atoms with E-state index >= 15 is 0 Å². The molecule has 0 radical (unpaired) electrons. The van der Waals surface area contributed by atoms with Gasteiger partial charge >= 0.3 is 0 Å². The Labute approximate surface area is 105 Å². The van der Waals surface area contributed by atoms with Crippen molar-refractivity contribution in [1.29, 1.82) is 0 Å². The van der Waals surface area contributed by atoms with Gasteiger partial charge in [-0.3, -0.25) is 0 Å². The second-order valence-electron chi connectivity index (χ2n) is 4.29. The summed E-state index contributed by atoms with van der Waals surface area (Å²) in [6, 6.07) is 10.3. The van der Waals surface area contributed by atoms with Crippen molar-refractivity contribution in [1.82, 2.24) is 0 Å². The maximum Gasteiger partial charge on any atom is 0.142 e. The molecule has 0 aromatic heterocycles. The van der Waals surface area contributed by atoms with E-state index < -0.39 is 0 Å². The molecule has 0 heterocycles. The molecule has 0 saturated heterocycles. The topological polar surface area (TPSA) is 92.5 Å². The summed E-state index contributed by atoms with van der Waals surface area (Å²) in [6.45, 7) is 1.88. The van der Waals surface area contributed by atoms with Gasteiger partial charge in [-0.15, -0.1) is 0 Å². The molecule has 6 N–H and O–H groups in total. The lowest BCUT2D eigenvalue weighted by Crippen LogP contribution is -2.00. The second kappa shape index (κ2) is 4.49. The highest BCUT2D eigenvalue weighted by Crippen LogP contribution is 2.39. The molecule has 0 atom stereocenters. The van der Waals surface area contributed by atoms with E-state index in [0.29, 0.717) is 22.5 Å². The van der Waals surface area contributed by atoms with Crippen molar-refractivity contribution >= 4 is 11.4 Å². The highest BCUT2D eigenvalue weighted by atomic mass is 16.3. The third-order valence-corrected chi connectivity index (χ3v) is 3.13. The lowest BCUT2D eigenvalue weighted by molar-refractivity contribution is 0.459. The lowest BCUT2D eigenvalue weighted by Gasteiger charge is -2.17. The maximum absolute atomic E-state index is 9.95. The first kappa shape index (κ1) is 12.1. The van der Waals surface area contributed by atoms with Gasteiger partial charge in [-0.25, -0.2) is 0 Å². The number of hydrogen-bond donors (Lipinski definition) is 4. The van der Waals surface area contributed by atoms with Gasteiger partial charge in [0.15, 0.2) is 0 Å². The molecule has 0 aliphatic carbocycles. The van der Waals surface area contributed by atoms with Gasteiger partial charge < -0.3 is 21.7 Å². The zero-order valence-corrected chi connectivity index (χ0v) is 10.1. The SMILES string of the molecule is CC(c1cccc(N)c1O)c1cccc(N)c1O. The van der Waals surface area contributed by atoms with Gasteiger partial charge in [0, 0.05) is 17.0 Å². The Kier molecular flexibility index (Phi) is 3.02. The van der Waals surface area contributed by atoms with E-state index in [9.17, 15) is 10.2 Å². The molecule has 0 saturated carbocycles. The highest BCUT2D eigenvalue weighted by Gasteiger charge is 2.18. The molecule has 94 valence electrons. The minimum Gasteiger partial charge on any atom is -0.505 e. The fraction of sp³-hybridized carbons (Fsp3) is 0.143. The third-order valence-electron chi connectivity index (χ3n) is 3.13. The second-order valence-corrected chi connectivity index (χ2v) is 4.29. The smallest absolute Gasteiger partial charge is 0.142 e. The highest BCUT2D eigenvalue weighted by molar-refractivity contribution is 5.62. The van der Waals surface area contributed by atoms with Crippen molar-refractivity contribution in [3.8, 4) is 11.5 Å². The van der Waals surface area contributed by atoms with Gasteiger partial charge in [0.05, 0.1) is 11.4 Å². The van der Waals surface area contributed by atoms with Crippen LogP contribution in [0.25, 0.3) is 0 Å². The molecular formula is C14H16N2O2. The van der Waals surface area contributed by atoms with Crippen LogP contribution in [-0.4, -0.2) is 10.2 Å². The molecule has 0 aliphatic heterocycles. The summed E-state index contributed by atoms with van der Waals surface area (Å²) in [5, 5.41) is 19.9. The summed E-state index contributed by atoms with van der Waals surface area (Å²) < 4.78 is 0. The number of aromatic hydroxyl groups is 2. The molecule has 2 aromatic rings. The van der Waals surface area contributed by atoms with E-state index in [0.717, 1.165) is 0 Å². The molecule has 0 amide bonds. The van der Waals surface area contributed by atoms with Crippen LogP contribution in [0.4, 0.5) is 11.4 Å². The lowest BCUT2D eigenvalue weighted by atomic mass is 9.91. The number of hydrogen-bond acceptors (Lipinski definition) is 4. The quantitative estimate of drug-likeness (QED) is 0.482. The number of phenols is 2. The predicted molar refractivity (Wildman–Crippen MR) is 72.6 cm³/mol. The molecule has 2 rings (SSSR count). The van der Waals surface area contributed by atoms with Gasteiger partial charge in [-0.05, 0) is 12.1 Å². The van der Waals surface area contributed by atoms with E-state index in [-0.39, 0.29) is 17.4 Å². The predicted octanol–water partition coefficient (Wildman–Crippen LogP) is 2.41. The van der Waals surface area contributed by atoms with E-state index in [1.54, 1.807) is 36.4 Å². The normalized spacial score (nSPS) is 10.8. The van der Waals surface area contributed by atoms with Crippen molar-refractivity contribution in [2.45, 2.75) is 12.8 Å². The zero-order valence-electron chi connectivity index (χ0n) is 10.1. The van der Waals surface area contributed by atoms with Crippen LogP contribution in [-0.2, 0) is 0 Å². The van der Waals surface area contributed by atoms with Gasteiger partial charge in [0.2, 0.25) is 0 Å². The average Bonchev–Trinajstić information content (AvgIpc) is 2.35. The van der Waals surface area contributed by atoms with E-state index in [1.165, 1.54) is 0 Å². The number of phenolic OH excluding ortho intramolecular Hbond substituents is 2. The van der Waals surface area contributed by atoms with Crippen molar-refractivity contribution in [3.05, 3.63) is 47.5 Å². The minimum atomic E-state index is -0.197. The number of nitrogens with two attached hydrogens (primary N) is 2. The fourth-order valence-electron chi connectivity index (χ4n) is 2.03. The number of anilines is 2. The minimum absolute atomic E-state index is 0.0480. The van der Waals surface area contributed by atoms with Crippen LogP contribution in [0.5, 0.6) is 11.5 Å². The number of para-hydroxylation sites is 2. The zero-order chi connectivity index (χ0) is 13.3. The number of benzene rings is 2. The van der Waals surface area contributed by atoms with Crippen LogP contribution < -0.4 is 11.5 Å². The Morgan fingerprint density at radius 2 is 1.22 bits per heavy atom. The largest absolute Gasteiger partial charge is 0.505 e. The molecule has 4 heteroatoms. The van der Waals surface area contributed by atoms with Crippen molar-refractivity contribution < 1.29 is 10.2 Å². The first-order valence-corrected chi connectivity index (χ1v) is 5.67. The third kappa shape index (κ3) is 1.93. The van der Waals surface area contributed by atoms with Gasteiger partial charge in [0.1, 0.15) is 11.5 Å². The van der Waals surface area contributed by atoms with Crippen molar-refractivity contribution in [3.63, 3.8) is 0 Å². The molecule has 4 nitrogen and oxygen atoms in total. The van der Waals surface area contributed by atoms with Gasteiger partial charge in [-0.2, -0.15) is 0 Å². The van der Waals surface area contributed by atoms with E-state index in [2.05, 4.69) is 0 Å². The monoisotopic (exact) mass is 244 g/mol. The molecule has 0 fully saturated rings. The fourth-order valence-corrected chi connectivity index (χ4v) is 2.03. The number of rotatable bonds is 2. The Morgan fingerprint density at radius 1 is 0.833 bits per heavy atom. The molecule has 2 aromatic carbocycles. The van der Waals surface area contributed by atoms with Crippen molar-refractivity contribution in [2.24, 2.45) is 0 Å². The van der Waals surface area contributed by atoms with E-state index in [1.807, 2.05) is 6.92 Å². The van der Waals surface area contributed by atoms with Crippen LogP contribution in [0.15, 0.2) is 36.4 Å². The Hall–Kier alpha value is -2.36. The molecular weight excluding hydrogens is 228 g/mol. The molecule has 0 bridgehead atoms. The first-order valence-electron chi connectivity index (χ1n) is 5.67. The standard InChI is InChI=1S/C14H16N2O2/c1-8(9-4-2-6-11(15)13(9)17)10-5-3-7-12(16)14(10)18/h2-8,17-18H,15-16H2,1H3. The van der Waals surface area contributed by atoms with Crippen molar-refractivity contribution in [2.75, 3.05) is 11.5 Å². The number of nitrogen functional groups attached to an aromatic ring is 2. The summed E-state index contributed by atoms with van der Waals surface area (Å²) in [7, 11) is 0. The Morgan fingerprint density at radius 3 is 1.61 bits per heavy atom. The summed E-state index contributed by atoms with van der Waals surface area (Å²) in [5.74, 6) is -0.101. The molecule has 18 heavy (non-hydrogen) atoms. The molecule has 0 spiro atoms. The van der Waals surface area contributed by atoms with E-state index in [4.69, 9.17) is 11.5 Å². The summed E-state index contributed by atoms with van der Waals surface area (Å²) in [5.41, 5.74) is 13.3. The van der Waals surface area contributed by atoms with Crippen LogP contribution in [0, 0.1) is 0 Å². The van der Waals surface area contributed by atoms with Crippen LogP contribution >= 0.6 is 0 Å². The van der Waals surface area contributed by atoms with Crippen LogP contribution in [0.1, 0.15) is 24.0 Å². The van der Waals surface area contributed by atoms with Crippen LogP contribution in [0.2, 0.25) is 0 Å². The summed E-state index contributed by atoms with van der Waals surface area (Å²) in [4.78, 5) is 0. The first-order chi connectivity index (χ1) is 8.52. The summed E-state index contributed by atoms with van der Waals surface area (Å²) in [6.07, 6.45) is 0.